The quantitative estimate of drug-likeness (QED) is 0.777. The van der Waals surface area contributed by atoms with Crippen molar-refractivity contribution in [3.8, 4) is 0 Å². The fraction of sp³-hybridized carbons (Fsp3) is 0.545. The molecule has 0 fully saturated rings. The molecule has 2 nitrogen and oxygen atoms in total. The van der Waals surface area contributed by atoms with Crippen LogP contribution >= 0.6 is 0 Å². The average Bonchev–Trinajstić information content (AvgIpc) is 2.15. The maximum absolute atomic E-state index is 12.7. The van der Waals surface area contributed by atoms with Gasteiger partial charge in [0, 0.05) is 14.1 Å². The van der Waals surface area contributed by atoms with Crippen molar-refractivity contribution in [2.24, 2.45) is 0 Å². The minimum Gasteiger partial charge on any atom is -0.363 e. The van der Waals surface area contributed by atoms with Crippen molar-refractivity contribution >= 4 is 5.82 Å². The van der Waals surface area contributed by atoms with E-state index < -0.39 is 11.7 Å². The number of pyridine rings is 1. The summed E-state index contributed by atoms with van der Waals surface area (Å²) in [5.74, 6) is 0.285. The van der Waals surface area contributed by atoms with Crippen molar-refractivity contribution in [2.45, 2.75) is 25.9 Å². The fourth-order valence-corrected chi connectivity index (χ4v) is 1.39. The molecule has 1 heterocycles. The lowest BCUT2D eigenvalue weighted by Crippen LogP contribution is -2.16. The Hall–Kier alpha value is -1.26. The van der Waals surface area contributed by atoms with E-state index in [0.29, 0.717) is 5.82 Å². The Morgan fingerprint density at radius 3 is 2.12 bits per heavy atom. The van der Waals surface area contributed by atoms with Crippen molar-refractivity contribution in [2.75, 3.05) is 19.0 Å². The highest BCUT2D eigenvalue weighted by atomic mass is 19.4. The van der Waals surface area contributed by atoms with Gasteiger partial charge in [-0.1, -0.05) is 13.8 Å². The van der Waals surface area contributed by atoms with Gasteiger partial charge in [-0.15, -0.1) is 0 Å². The first-order valence-electron chi connectivity index (χ1n) is 4.99. The minimum atomic E-state index is -4.34. The maximum Gasteiger partial charge on any atom is 0.418 e. The highest BCUT2D eigenvalue weighted by Crippen LogP contribution is 2.35. The summed E-state index contributed by atoms with van der Waals surface area (Å²) in [6.07, 6.45) is -4.34. The molecule has 1 aromatic rings. The van der Waals surface area contributed by atoms with Gasteiger partial charge in [-0.25, -0.2) is 4.98 Å². The van der Waals surface area contributed by atoms with Gasteiger partial charge in [0.2, 0.25) is 0 Å². The van der Waals surface area contributed by atoms with E-state index in [1.807, 2.05) is 0 Å². The Balaban J connectivity index is 3.31. The Bertz CT molecular complexity index is 370. The van der Waals surface area contributed by atoms with Crippen LogP contribution in [0, 0.1) is 0 Å². The summed E-state index contributed by atoms with van der Waals surface area (Å²) in [6.45, 7) is 3.41. The predicted octanol–water partition coefficient (Wildman–Crippen LogP) is 3.29. The van der Waals surface area contributed by atoms with E-state index in [1.165, 1.54) is 6.07 Å². The molecule has 1 aromatic heterocycles. The van der Waals surface area contributed by atoms with Gasteiger partial charge in [0.1, 0.15) is 5.82 Å². The number of anilines is 1. The lowest BCUT2D eigenvalue weighted by Gasteiger charge is -2.18. The van der Waals surface area contributed by atoms with Crippen LogP contribution in [-0.2, 0) is 6.18 Å². The summed E-state index contributed by atoms with van der Waals surface area (Å²) in [5, 5.41) is 0. The van der Waals surface area contributed by atoms with Gasteiger partial charge in [0.15, 0.2) is 0 Å². The van der Waals surface area contributed by atoms with Crippen LogP contribution in [0.4, 0.5) is 19.0 Å². The zero-order valence-electron chi connectivity index (χ0n) is 9.76. The molecule has 0 spiro atoms. The van der Waals surface area contributed by atoms with E-state index in [0.717, 1.165) is 6.07 Å². The molecule has 0 aromatic carbocycles. The molecule has 0 radical (unpaired) electrons. The molecule has 90 valence electrons. The molecule has 0 bridgehead atoms. The van der Waals surface area contributed by atoms with Crippen LogP contribution in [0.2, 0.25) is 0 Å². The normalized spacial score (nSPS) is 12.0. The molecule has 0 atom stereocenters. The van der Waals surface area contributed by atoms with Crippen LogP contribution in [-0.4, -0.2) is 19.1 Å². The van der Waals surface area contributed by atoms with Crippen LogP contribution in [0.5, 0.6) is 0 Å². The second-order valence-electron chi connectivity index (χ2n) is 4.15. The minimum absolute atomic E-state index is 0.0960. The van der Waals surface area contributed by atoms with Crippen LogP contribution in [0.15, 0.2) is 12.1 Å². The van der Waals surface area contributed by atoms with Crippen LogP contribution in [0.3, 0.4) is 0 Å². The van der Waals surface area contributed by atoms with E-state index in [2.05, 4.69) is 4.98 Å². The summed E-state index contributed by atoms with van der Waals surface area (Å²) in [4.78, 5) is 5.73. The summed E-state index contributed by atoms with van der Waals surface area (Å²) < 4.78 is 38.1. The Morgan fingerprint density at radius 1 is 1.19 bits per heavy atom. The van der Waals surface area contributed by atoms with Gasteiger partial charge >= 0.3 is 6.18 Å². The monoisotopic (exact) mass is 232 g/mol. The highest BCUT2D eigenvalue weighted by Gasteiger charge is 2.34. The van der Waals surface area contributed by atoms with Gasteiger partial charge in [-0.3, -0.25) is 0 Å². The summed E-state index contributed by atoms with van der Waals surface area (Å²) in [6, 6.07) is 2.48. The van der Waals surface area contributed by atoms with Crippen molar-refractivity contribution in [3.63, 3.8) is 0 Å². The van der Waals surface area contributed by atoms with Crippen LogP contribution < -0.4 is 4.90 Å². The Kier molecular flexibility index (Phi) is 3.45. The van der Waals surface area contributed by atoms with Gasteiger partial charge in [0.05, 0.1) is 11.3 Å². The first-order chi connectivity index (χ1) is 7.23. The number of aromatic nitrogens is 1. The SMILES string of the molecule is CC(C)c1nc(N(C)C)ccc1C(F)(F)F. The lowest BCUT2D eigenvalue weighted by molar-refractivity contribution is -0.138. The first-order valence-corrected chi connectivity index (χ1v) is 4.99. The Morgan fingerprint density at radius 2 is 1.75 bits per heavy atom. The molecule has 0 amide bonds. The van der Waals surface area contributed by atoms with E-state index in [9.17, 15) is 13.2 Å². The number of alkyl halides is 3. The highest BCUT2D eigenvalue weighted by molar-refractivity contribution is 5.42. The summed E-state index contributed by atoms with van der Waals surface area (Å²) in [7, 11) is 3.50. The molecule has 0 unspecified atom stereocenters. The zero-order valence-corrected chi connectivity index (χ0v) is 9.76. The van der Waals surface area contributed by atoms with Gasteiger partial charge in [-0.05, 0) is 18.1 Å². The van der Waals surface area contributed by atoms with Gasteiger partial charge in [0.25, 0.3) is 0 Å². The third-order valence-corrected chi connectivity index (χ3v) is 2.22. The third kappa shape index (κ3) is 2.65. The first kappa shape index (κ1) is 12.8. The number of hydrogen-bond donors (Lipinski definition) is 0. The topological polar surface area (TPSA) is 16.1 Å². The van der Waals surface area contributed by atoms with Crippen molar-refractivity contribution in [1.82, 2.24) is 4.98 Å². The van der Waals surface area contributed by atoms with E-state index in [1.54, 1.807) is 32.8 Å². The predicted molar refractivity (Wildman–Crippen MR) is 57.7 cm³/mol. The van der Waals surface area contributed by atoms with E-state index in [-0.39, 0.29) is 11.6 Å². The molecular weight excluding hydrogens is 217 g/mol. The van der Waals surface area contributed by atoms with Gasteiger partial charge < -0.3 is 4.90 Å². The fourth-order valence-electron chi connectivity index (χ4n) is 1.39. The van der Waals surface area contributed by atoms with Gasteiger partial charge in [-0.2, -0.15) is 13.2 Å². The van der Waals surface area contributed by atoms with Crippen LogP contribution in [0.1, 0.15) is 31.0 Å². The number of nitrogens with zero attached hydrogens (tertiary/aromatic N) is 2. The molecule has 0 N–H and O–H groups in total. The molecule has 0 saturated heterocycles. The molecule has 0 saturated carbocycles. The third-order valence-electron chi connectivity index (χ3n) is 2.22. The molecule has 0 aliphatic heterocycles. The largest absolute Gasteiger partial charge is 0.418 e. The van der Waals surface area contributed by atoms with Crippen LogP contribution in [0.25, 0.3) is 0 Å². The molecule has 5 heteroatoms. The number of hydrogen-bond acceptors (Lipinski definition) is 2. The molecule has 0 aliphatic carbocycles. The smallest absolute Gasteiger partial charge is 0.363 e. The molecular formula is C11H15F3N2. The second kappa shape index (κ2) is 4.31. The van der Waals surface area contributed by atoms with Crippen molar-refractivity contribution in [1.29, 1.82) is 0 Å². The van der Waals surface area contributed by atoms with E-state index >= 15 is 0 Å². The molecule has 1 rings (SSSR count). The Labute approximate surface area is 93.1 Å². The van der Waals surface area contributed by atoms with E-state index in [4.69, 9.17) is 0 Å². The zero-order chi connectivity index (χ0) is 12.5. The lowest BCUT2D eigenvalue weighted by atomic mass is 10.0. The standard InChI is InChI=1S/C11H15F3N2/c1-7(2)10-8(11(12,13)14)5-6-9(15-10)16(3)4/h5-7H,1-4H3. The van der Waals surface area contributed by atoms with Crippen molar-refractivity contribution in [3.05, 3.63) is 23.4 Å². The number of rotatable bonds is 2. The molecule has 0 aliphatic rings. The molecule has 16 heavy (non-hydrogen) atoms. The summed E-state index contributed by atoms with van der Waals surface area (Å²) >= 11 is 0. The number of halogens is 3. The summed E-state index contributed by atoms with van der Waals surface area (Å²) in [5.41, 5.74) is -0.549. The average molecular weight is 232 g/mol. The van der Waals surface area contributed by atoms with Crippen molar-refractivity contribution < 1.29 is 13.2 Å². The second-order valence-corrected chi connectivity index (χ2v) is 4.15. The maximum atomic E-state index is 12.7.